The Morgan fingerprint density at radius 3 is 2.64 bits per heavy atom. The van der Waals surface area contributed by atoms with Gasteiger partial charge in [-0.2, -0.15) is 0 Å². The normalized spacial score (nSPS) is 11.4. The molecule has 14 heavy (non-hydrogen) atoms. The number of aromatic nitrogens is 1. The van der Waals surface area contributed by atoms with Crippen molar-refractivity contribution in [2.24, 2.45) is 11.1 Å². The smallest absolute Gasteiger partial charge is 0.250 e. The van der Waals surface area contributed by atoms with Crippen molar-refractivity contribution in [2.45, 2.75) is 27.2 Å². The molecule has 76 valence electrons. The van der Waals surface area contributed by atoms with E-state index in [1.807, 2.05) is 0 Å². The molecule has 0 saturated carbocycles. The number of hydrogen-bond donors (Lipinski definition) is 1. The van der Waals surface area contributed by atoms with E-state index in [0.717, 1.165) is 12.1 Å². The summed E-state index contributed by atoms with van der Waals surface area (Å²) in [6, 6.07) is 3.45. The Labute approximate surface area is 84.3 Å². The van der Waals surface area contributed by atoms with E-state index in [0.29, 0.717) is 5.56 Å². The largest absolute Gasteiger partial charge is 0.366 e. The average molecular weight is 192 g/mol. The molecule has 1 aromatic rings. The highest BCUT2D eigenvalue weighted by molar-refractivity contribution is 5.93. The van der Waals surface area contributed by atoms with E-state index >= 15 is 0 Å². The topological polar surface area (TPSA) is 56.0 Å². The second-order valence-corrected chi connectivity index (χ2v) is 4.60. The van der Waals surface area contributed by atoms with Gasteiger partial charge in [-0.3, -0.25) is 9.78 Å². The maximum atomic E-state index is 11.1. The molecule has 0 aromatic carbocycles. The zero-order valence-corrected chi connectivity index (χ0v) is 8.87. The standard InChI is InChI=1S/C11H16N2O/c1-11(2,3)7-9-8(10(12)14)5-4-6-13-9/h4-6H,7H2,1-3H3,(H2,12,14). The van der Waals surface area contributed by atoms with E-state index in [4.69, 9.17) is 5.73 Å². The molecule has 0 radical (unpaired) electrons. The number of nitrogens with zero attached hydrogens (tertiary/aromatic N) is 1. The van der Waals surface area contributed by atoms with Gasteiger partial charge in [-0.05, 0) is 24.0 Å². The quantitative estimate of drug-likeness (QED) is 0.776. The van der Waals surface area contributed by atoms with Crippen LogP contribution in [0.4, 0.5) is 0 Å². The van der Waals surface area contributed by atoms with Gasteiger partial charge in [0.25, 0.3) is 5.91 Å². The first-order valence-electron chi connectivity index (χ1n) is 4.64. The number of carbonyl (C=O) groups excluding carboxylic acids is 1. The molecule has 0 aliphatic heterocycles. The second kappa shape index (κ2) is 3.78. The van der Waals surface area contributed by atoms with Crippen LogP contribution < -0.4 is 5.73 Å². The minimum Gasteiger partial charge on any atom is -0.366 e. The molecule has 0 bridgehead atoms. The molecule has 0 unspecified atom stereocenters. The summed E-state index contributed by atoms with van der Waals surface area (Å²) in [5, 5.41) is 0. The third kappa shape index (κ3) is 2.83. The Hall–Kier alpha value is -1.38. The van der Waals surface area contributed by atoms with Crippen LogP contribution in [0.25, 0.3) is 0 Å². The van der Waals surface area contributed by atoms with Gasteiger partial charge in [0.1, 0.15) is 0 Å². The highest BCUT2D eigenvalue weighted by Gasteiger charge is 2.16. The second-order valence-electron chi connectivity index (χ2n) is 4.60. The number of primary amides is 1. The summed E-state index contributed by atoms with van der Waals surface area (Å²) in [6.07, 6.45) is 2.44. The van der Waals surface area contributed by atoms with Crippen molar-refractivity contribution >= 4 is 5.91 Å². The van der Waals surface area contributed by atoms with Crippen molar-refractivity contribution in [3.8, 4) is 0 Å². The van der Waals surface area contributed by atoms with Crippen LogP contribution in [0.3, 0.4) is 0 Å². The Kier molecular flexibility index (Phi) is 2.89. The van der Waals surface area contributed by atoms with Gasteiger partial charge >= 0.3 is 0 Å². The molecule has 0 atom stereocenters. The van der Waals surface area contributed by atoms with Gasteiger partial charge in [0.2, 0.25) is 0 Å². The van der Waals surface area contributed by atoms with Crippen molar-refractivity contribution in [3.63, 3.8) is 0 Å². The van der Waals surface area contributed by atoms with Crippen molar-refractivity contribution in [3.05, 3.63) is 29.6 Å². The van der Waals surface area contributed by atoms with Crippen LogP contribution in [0.15, 0.2) is 18.3 Å². The van der Waals surface area contributed by atoms with Crippen LogP contribution in [0.5, 0.6) is 0 Å². The van der Waals surface area contributed by atoms with Gasteiger partial charge in [0, 0.05) is 6.20 Å². The molecule has 0 saturated heterocycles. The van der Waals surface area contributed by atoms with Gasteiger partial charge in [0.05, 0.1) is 11.3 Å². The fourth-order valence-electron chi connectivity index (χ4n) is 1.31. The maximum Gasteiger partial charge on any atom is 0.250 e. The van der Waals surface area contributed by atoms with Gasteiger partial charge in [-0.1, -0.05) is 20.8 Å². The van der Waals surface area contributed by atoms with Gasteiger partial charge < -0.3 is 5.73 Å². The van der Waals surface area contributed by atoms with E-state index in [1.165, 1.54) is 0 Å². The van der Waals surface area contributed by atoms with Crippen molar-refractivity contribution in [1.82, 2.24) is 4.98 Å². The predicted molar refractivity (Wildman–Crippen MR) is 55.9 cm³/mol. The van der Waals surface area contributed by atoms with E-state index in [9.17, 15) is 4.79 Å². The Bertz CT molecular complexity index is 339. The zero-order chi connectivity index (χ0) is 10.8. The lowest BCUT2D eigenvalue weighted by molar-refractivity contribution is 0.0998. The molecule has 0 fully saturated rings. The van der Waals surface area contributed by atoms with Crippen LogP contribution in [-0.2, 0) is 6.42 Å². The average Bonchev–Trinajstić information content (AvgIpc) is 2.01. The third-order valence-corrected chi connectivity index (χ3v) is 1.85. The molecule has 0 spiro atoms. The lowest BCUT2D eigenvalue weighted by atomic mass is 9.89. The summed E-state index contributed by atoms with van der Waals surface area (Å²) in [6.45, 7) is 6.31. The first-order chi connectivity index (χ1) is 6.40. The van der Waals surface area contributed by atoms with Crippen LogP contribution in [-0.4, -0.2) is 10.9 Å². The highest BCUT2D eigenvalue weighted by atomic mass is 16.1. The van der Waals surface area contributed by atoms with Gasteiger partial charge in [-0.25, -0.2) is 0 Å². The minimum absolute atomic E-state index is 0.110. The van der Waals surface area contributed by atoms with E-state index in [1.54, 1.807) is 18.3 Å². The SMILES string of the molecule is CC(C)(C)Cc1ncccc1C(N)=O. The first kappa shape index (κ1) is 10.7. The molecule has 1 rings (SSSR count). The van der Waals surface area contributed by atoms with Crippen LogP contribution in [0.1, 0.15) is 36.8 Å². The summed E-state index contributed by atoms with van der Waals surface area (Å²) >= 11 is 0. The summed E-state index contributed by atoms with van der Waals surface area (Å²) in [7, 11) is 0. The summed E-state index contributed by atoms with van der Waals surface area (Å²) in [5.41, 5.74) is 6.68. The number of nitrogens with two attached hydrogens (primary N) is 1. The van der Waals surface area contributed by atoms with Gasteiger partial charge in [-0.15, -0.1) is 0 Å². The number of carbonyl (C=O) groups is 1. The number of rotatable bonds is 2. The molecule has 3 nitrogen and oxygen atoms in total. The monoisotopic (exact) mass is 192 g/mol. The molecule has 3 heteroatoms. The van der Waals surface area contributed by atoms with Crippen LogP contribution >= 0.6 is 0 Å². The Morgan fingerprint density at radius 1 is 1.50 bits per heavy atom. The van der Waals surface area contributed by atoms with Crippen molar-refractivity contribution in [1.29, 1.82) is 0 Å². The molecule has 0 aliphatic rings. The fraction of sp³-hybridized carbons (Fsp3) is 0.455. The van der Waals surface area contributed by atoms with E-state index < -0.39 is 5.91 Å². The molecule has 1 amide bonds. The fourth-order valence-corrected chi connectivity index (χ4v) is 1.31. The Balaban J connectivity index is 3.02. The number of amides is 1. The highest BCUT2D eigenvalue weighted by Crippen LogP contribution is 2.21. The molecular formula is C11H16N2O. The summed E-state index contributed by atoms with van der Waals surface area (Å²) in [5.74, 6) is -0.405. The summed E-state index contributed by atoms with van der Waals surface area (Å²) in [4.78, 5) is 15.3. The molecule has 0 aliphatic carbocycles. The van der Waals surface area contributed by atoms with Crippen molar-refractivity contribution < 1.29 is 4.79 Å². The zero-order valence-electron chi connectivity index (χ0n) is 8.87. The molecular weight excluding hydrogens is 176 g/mol. The molecule has 1 heterocycles. The van der Waals surface area contributed by atoms with E-state index in [2.05, 4.69) is 25.8 Å². The first-order valence-corrected chi connectivity index (χ1v) is 4.64. The number of hydrogen-bond acceptors (Lipinski definition) is 2. The lowest BCUT2D eigenvalue weighted by Crippen LogP contribution is -2.18. The van der Waals surface area contributed by atoms with Gasteiger partial charge in [0.15, 0.2) is 0 Å². The van der Waals surface area contributed by atoms with Crippen molar-refractivity contribution in [2.75, 3.05) is 0 Å². The third-order valence-electron chi connectivity index (χ3n) is 1.85. The molecule has 1 aromatic heterocycles. The maximum absolute atomic E-state index is 11.1. The van der Waals surface area contributed by atoms with Crippen LogP contribution in [0, 0.1) is 5.41 Å². The number of pyridine rings is 1. The Morgan fingerprint density at radius 2 is 2.14 bits per heavy atom. The van der Waals surface area contributed by atoms with Crippen LogP contribution in [0.2, 0.25) is 0 Å². The summed E-state index contributed by atoms with van der Waals surface area (Å²) < 4.78 is 0. The lowest BCUT2D eigenvalue weighted by Gasteiger charge is -2.18. The minimum atomic E-state index is -0.405. The van der Waals surface area contributed by atoms with E-state index in [-0.39, 0.29) is 5.41 Å². The molecule has 2 N–H and O–H groups in total. The predicted octanol–water partition coefficient (Wildman–Crippen LogP) is 1.77.